The molecule has 8 nitrogen and oxygen atoms in total. The Morgan fingerprint density at radius 2 is 2.24 bits per heavy atom. The molecule has 4 rings (SSSR count). The minimum Gasteiger partial charge on any atom is -0.448 e. The van der Waals surface area contributed by atoms with Gasteiger partial charge < -0.3 is 14.4 Å². The zero-order chi connectivity index (χ0) is 17.4. The molecule has 0 bridgehead atoms. The number of oxazole rings is 1. The monoisotopic (exact) mass is 357 g/mol. The third kappa shape index (κ3) is 3.28. The largest absolute Gasteiger partial charge is 0.448 e. The first kappa shape index (κ1) is 15.9. The molecule has 0 radical (unpaired) electrons. The van der Waals surface area contributed by atoms with Crippen LogP contribution in [0.25, 0.3) is 10.7 Å². The van der Waals surface area contributed by atoms with Crippen LogP contribution < -0.4 is 0 Å². The molecule has 0 aliphatic carbocycles. The summed E-state index contributed by atoms with van der Waals surface area (Å²) in [6.45, 7) is 2.30. The van der Waals surface area contributed by atoms with E-state index < -0.39 is 5.60 Å². The maximum absolute atomic E-state index is 12.2. The van der Waals surface area contributed by atoms with E-state index >= 15 is 0 Å². The van der Waals surface area contributed by atoms with Crippen LogP contribution >= 0.6 is 11.3 Å². The quantitative estimate of drug-likeness (QED) is 0.752. The average molecular weight is 357 g/mol. The van der Waals surface area contributed by atoms with Gasteiger partial charge in [-0.2, -0.15) is 5.10 Å². The minimum absolute atomic E-state index is 0.234. The summed E-state index contributed by atoms with van der Waals surface area (Å²) in [5.74, 6) is 0.152. The Balaban J connectivity index is 1.42. The lowest BCUT2D eigenvalue weighted by Gasteiger charge is -2.43. The van der Waals surface area contributed by atoms with Crippen molar-refractivity contribution in [1.29, 1.82) is 0 Å². The van der Waals surface area contributed by atoms with Crippen LogP contribution in [0.4, 0.5) is 0 Å². The molecule has 3 aromatic heterocycles. The highest BCUT2D eigenvalue weighted by Gasteiger charge is 2.40. The number of aliphatic hydroxyl groups is 1. The highest BCUT2D eigenvalue weighted by Crippen LogP contribution is 2.22. The molecule has 1 aliphatic rings. The number of likely N-dealkylation sites (tertiary alicyclic amines) is 1. The number of nitrogens with zero attached hydrogens (tertiary/aromatic N) is 5. The molecule has 25 heavy (non-hydrogen) atoms. The summed E-state index contributed by atoms with van der Waals surface area (Å²) in [5, 5.41) is 20.7. The van der Waals surface area contributed by atoms with Gasteiger partial charge in [-0.3, -0.25) is 4.79 Å². The predicted molar refractivity (Wildman–Crippen MR) is 89.0 cm³/mol. The molecule has 0 saturated carbocycles. The molecular formula is C16H15N5O3S. The SMILES string of the molecule is CC1(O)CN(C(=O)c2coc(Cc3ccc(-c4nccs4)nn3)n2)C1. The number of hydrogen-bond acceptors (Lipinski definition) is 8. The summed E-state index contributed by atoms with van der Waals surface area (Å²) in [4.78, 5) is 22.1. The second-order valence-electron chi connectivity index (χ2n) is 6.21. The van der Waals surface area contributed by atoms with E-state index in [-0.39, 0.29) is 11.6 Å². The Kier molecular flexibility index (Phi) is 3.81. The number of carbonyl (C=O) groups excluding carboxylic acids is 1. The summed E-state index contributed by atoms with van der Waals surface area (Å²) < 4.78 is 5.36. The zero-order valence-corrected chi connectivity index (χ0v) is 14.2. The predicted octanol–water partition coefficient (Wildman–Crippen LogP) is 1.39. The molecule has 0 atom stereocenters. The fourth-order valence-electron chi connectivity index (χ4n) is 2.65. The van der Waals surface area contributed by atoms with Gasteiger partial charge in [0.1, 0.15) is 17.0 Å². The number of carbonyl (C=O) groups is 1. The molecule has 1 aliphatic heterocycles. The molecule has 1 N–H and O–H groups in total. The van der Waals surface area contributed by atoms with Gasteiger partial charge in [0.05, 0.1) is 30.8 Å². The van der Waals surface area contributed by atoms with Crippen molar-refractivity contribution in [2.75, 3.05) is 13.1 Å². The number of hydrogen-bond donors (Lipinski definition) is 1. The third-order valence-electron chi connectivity index (χ3n) is 3.82. The van der Waals surface area contributed by atoms with Crippen molar-refractivity contribution in [3.05, 3.63) is 47.3 Å². The lowest BCUT2D eigenvalue weighted by atomic mass is 9.97. The van der Waals surface area contributed by atoms with Gasteiger partial charge in [0.2, 0.25) is 5.89 Å². The Labute approximate surface area is 147 Å². The molecule has 3 aromatic rings. The summed E-state index contributed by atoms with van der Waals surface area (Å²) in [7, 11) is 0. The van der Waals surface area contributed by atoms with Gasteiger partial charge >= 0.3 is 0 Å². The molecule has 0 aromatic carbocycles. The van der Waals surface area contributed by atoms with Crippen LogP contribution in [0.15, 0.2) is 34.4 Å². The van der Waals surface area contributed by atoms with Gasteiger partial charge in [-0.25, -0.2) is 9.97 Å². The van der Waals surface area contributed by atoms with Gasteiger partial charge in [0, 0.05) is 11.6 Å². The van der Waals surface area contributed by atoms with Crippen LogP contribution in [0.5, 0.6) is 0 Å². The Morgan fingerprint density at radius 3 is 2.88 bits per heavy atom. The molecule has 4 heterocycles. The van der Waals surface area contributed by atoms with Gasteiger partial charge in [-0.15, -0.1) is 16.4 Å². The number of β-amino-alcohol motifs (C(OH)–C–C–N with tert-alkyl or cyclic N) is 1. The first-order valence-electron chi connectivity index (χ1n) is 7.69. The fourth-order valence-corrected chi connectivity index (χ4v) is 3.25. The smallest absolute Gasteiger partial charge is 0.276 e. The van der Waals surface area contributed by atoms with Crippen molar-refractivity contribution < 1.29 is 14.3 Å². The molecule has 0 spiro atoms. The standard InChI is InChI=1S/C16H15N5O3S/c1-16(23)8-21(9-16)15(22)12-7-24-13(18-12)6-10-2-3-11(20-19-10)14-17-4-5-25-14/h2-5,7,23H,6,8-9H2,1H3. The molecular weight excluding hydrogens is 342 g/mol. The molecule has 1 fully saturated rings. The second kappa shape index (κ2) is 6.01. The van der Waals surface area contributed by atoms with Crippen molar-refractivity contribution in [2.45, 2.75) is 18.9 Å². The lowest BCUT2D eigenvalue weighted by molar-refractivity contribution is -0.0670. The number of rotatable bonds is 4. The summed E-state index contributed by atoms with van der Waals surface area (Å²) >= 11 is 1.50. The lowest BCUT2D eigenvalue weighted by Crippen LogP contribution is -2.61. The maximum atomic E-state index is 12.2. The molecule has 1 saturated heterocycles. The highest BCUT2D eigenvalue weighted by molar-refractivity contribution is 7.13. The first-order chi connectivity index (χ1) is 12.0. The summed E-state index contributed by atoms with van der Waals surface area (Å²) in [5.41, 5.74) is 0.828. The van der Waals surface area contributed by atoms with Crippen molar-refractivity contribution in [2.24, 2.45) is 0 Å². The summed E-state index contributed by atoms with van der Waals surface area (Å²) in [6, 6.07) is 3.68. The van der Waals surface area contributed by atoms with E-state index in [1.807, 2.05) is 17.5 Å². The van der Waals surface area contributed by atoms with E-state index in [9.17, 15) is 9.90 Å². The normalized spacial score (nSPS) is 15.8. The van der Waals surface area contributed by atoms with Crippen LogP contribution in [-0.4, -0.2) is 54.8 Å². The Bertz CT molecular complexity index is 881. The van der Waals surface area contributed by atoms with E-state index in [0.717, 1.165) is 5.01 Å². The van der Waals surface area contributed by atoms with Crippen LogP contribution in [0, 0.1) is 0 Å². The van der Waals surface area contributed by atoms with E-state index in [0.29, 0.717) is 36.8 Å². The van der Waals surface area contributed by atoms with Crippen molar-refractivity contribution in [3.8, 4) is 10.7 Å². The maximum Gasteiger partial charge on any atom is 0.276 e. The Hall–Kier alpha value is -2.65. The number of thiazole rings is 1. The molecule has 9 heteroatoms. The summed E-state index contributed by atoms with van der Waals surface area (Å²) in [6.07, 6.45) is 3.40. The van der Waals surface area contributed by atoms with E-state index in [1.165, 1.54) is 22.5 Å². The second-order valence-corrected chi connectivity index (χ2v) is 7.10. The zero-order valence-electron chi connectivity index (χ0n) is 13.4. The van der Waals surface area contributed by atoms with Gasteiger partial charge in [0.25, 0.3) is 5.91 Å². The van der Waals surface area contributed by atoms with Crippen LogP contribution in [0.2, 0.25) is 0 Å². The van der Waals surface area contributed by atoms with Gasteiger partial charge in [-0.1, -0.05) is 0 Å². The molecule has 128 valence electrons. The number of amides is 1. The van der Waals surface area contributed by atoms with E-state index in [4.69, 9.17) is 4.42 Å². The Morgan fingerprint density at radius 1 is 1.40 bits per heavy atom. The minimum atomic E-state index is -0.809. The number of aromatic nitrogens is 4. The topological polar surface area (TPSA) is 105 Å². The van der Waals surface area contributed by atoms with E-state index in [2.05, 4.69) is 20.2 Å². The van der Waals surface area contributed by atoms with Crippen molar-refractivity contribution in [1.82, 2.24) is 25.1 Å². The molecule has 0 unspecified atom stereocenters. The first-order valence-corrected chi connectivity index (χ1v) is 8.57. The fraction of sp³-hybridized carbons (Fsp3) is 0.312. The van der Waals surface area contributed by atoms with Crippen LogP contribution in [0.1, 0.15) is 29.0 Å². The van der Waals surface area contributed by atoms with Gasteiger partial charge in [-0.05, 0) is 19.1 Å². The average Bonchev–Trinajstić information content (AvgIpc) is 3.24. The van der Waals surface area contributed by atoms with Gasteiger partial charge in [0.15, 0.2) is 5.69 Å². The van der Waals surface area contributed by atoms with Crippen LogP contribution in [-0.2, 0) is 6.42 Å². The van der Waals surface area contributed by atoms with Crippen molar-refractivity contribution in [3.63, 3.8) is 0 Å². The highest BCUT2D eigenvalue weighted by atomic mass is 32.1. The van der Waals surface area contributed by atoms with Crippen LogP contribution in [0.3, 0.4) is 0 Å². The van der Waals surface area contributed by atoms with Crippen molar-refractivity contribution >= 4 is 17.2 Å². The molecule has 1 amide bonds. The van der Waals surface area contributed by atoms with E-state index in [1.54, 1.807) is 13.1 Å². The third-order valence-corrected chi connectivity index (χ3v) is 4.62.